The van der Waals surface area contributed by atoms with Gasteiger partial charge in [0, 0.05) is 30.3 Å². The molecule has 3 rings (SSSR count). The van der Waals surface area contributed by atoms with Gasteiger partial charge in [0.2, 0.25) is 0 Å². The fraction of sp³-hybridized carbons (Fsp3) is 0.353. The van der Waals surface area contributed by atoms with Crippen LogP contribution >= 0.6 is 0 Å². The molecule has 1 N–H and O–H groups in total. The van der Waals surface area contributed by atoms with Crippen molar-refractivity contribution in [3.63, 3.8) is 0 Å². The van der Waals surface area contributed by atoms with Crippen molar-refractivity contribution < 1.29 is 0 Å². The Balaban J connectivity index is 1.90. The lowest BCUT2D eigenvalue weighted by Crippen LogP contribution is -2.15. The van der Waals surface area contributed by atoms with Gasteiger partial charge in [-0.05, 0) is 37.2 Å². The van der Waals surface area contributed by atoms with E-state index in [1.165, 1.54) is 16.5 Å². The highest BCUT2D eigenvalue weighted by atomic mass is 15.3. The van der Waals surface area contributed by atoms with Gasteiger partial charge in [-0.15, -0.1) is 0 Å². The maximum Gasteiger partial charge on any atom is 0.0821 e. The summed E-state index contributed by atoms with van der Waals surface area (Å²) < 4.78 is 4.16. The highest BCUT2D eigenvalue weighted by Crippen LogP contribution is 2.22. The van der Waals surface area contributed by atoms with E-state index < -0.39 is 0 Å². The third kappa shape index (κ3) is 3.00. The number of nitrogens with zero attached hydrogens (tertiary/aromatic N) is 3. The minimum absolute atomic E-state index is 0.822. The lowest BCUT2D eigenvalue weighted by molar-refractivity contribution is 0.706. The number of nitrogens with one attached hydrogen (secondary N) is 1. The number of para-hydroxylation sites is 1. The number of likely N-dealkylation sites (N-methyl/N-ethyl adjacent to an activating group) is 1. The van der Waals surface area contributed by atoms with Gasteiger partial charge in [-0.2, -0.15) is 5.10 Å². The van der Waals surface area contributed by atoms with Crippen LogP contribution in [0, 0.1) is 0 Å². The van der Waals surface area contributed by atoms with Crippen LogP contribution in [0.15, 0.2) is 42.7 Å². The normalized spacial score (nSPS) is 11.3. The van der Waals surface area contributed by atoms with Crippen LogP contribution in [0.3, 0.4) is 0 Å². The van der Waals surface area contributed by atoms with E-state index in [0.717, 1.165) is 31.7 Å². The number of hydrogen-bond acceptors (Lipinski definition) is 2. The van der Waals surface area contributed by atoms with E-state index >= 15 is 0 Å². The topological polar surface area (TPSA) is 34.8 Å². The third-order valence-corrected chi connectivity index (χ3v) is 3.79. The molecule has 21 heavy (non-hydrogen) atoms. The van der Waals surface area contributed by atoms with Gasteiger partial charge in [0.1, 0.15) is 0 Å². The first-order chi connectivity index (χ1) is 10.3. The van der Waals surface area contributed by atoms with Crippen LogP contribution in [0.2, 0.25) is 0 Å². The Kier molecular flexibility index (Phi) is 4.06. The molecule has 2 heterocycles. The van der Waals surface area contributed by atoms with Crippen LogP contribution in [-0.2, 0) is 20.0 Å². The molecular formula is C17H22N4. The zero-order valence-corrected chi connectivity index (χ0v) is 12.7. The highest BCUT2D eigenvalue weighted by Gasteiger charge is 2.09. The summed E-state index contributed by atoms with van der Waals surface area (Å²) in [5.41, 5.74) is 3.79. The fourth-order valence-electron chi connectivity index (χ4n) is 2.77. The molecule has 0 spiro atoms. The van der Waals surface area contributed by atoms with Crippen LogP contribution in [0.4, 0.5) is 0 Å². The smallest absolute Gasteiger partial charge is 0.0821 e. The number of aryl methyl sites for hydroxylation is 1. The average molecular weight is 282 g/mol. The van der Waals surface area contributed by atoms with E-state index in [0.29, 0.717) is 0 Å². The summed E-state index contributed by atoms with van der Waals surface area (Å²) in [6.07, 6.45) is 5.33. The predicted molar refractivity (Wildman–Crippen MR) is 86.5 cm³/mol. The molecule has 0 saturated carbocycles. The van der Waals surface area contributed by atoms with Gasteiger partial charge in [-0.3, -0.25) is 4.68 Å². The molecule has 2 aromatic heterocycles. The van der Waals surface area contributed by atoms with Crippen molar-refractivity contribution in [2.24, 2.45) is 7.05 Å². The number of fused-ring (bicyclic) bond motifs is 1. The molecule has 3 aromatic rings. The van der Waals surface area contributed by atoms with Gasteiger partial charge in [-0.1, -0.05) is 25.1 Å². The summed E-state index contributed by atoms with van der Waals surface area (Å²) in [5, 5.41) is 9.23. The second kappa shape index (κ2) is 6.14. The van der Waals surface area contributed by atoms with Gasteiger partial charge in [0.05, 0.1) is 12.2 Å². The van der Waals surface area contributed by atoms with Gasteiger partial charge in [0.25, 0.3) is 0 Å². The molecule has 0 bridgehead atoms. The number of aromatic nitrogens is 3. The lowest BCUT2D eigenvalue weighted by atomic mass is 10.1. The SMILES string of the molecule is CCNCCc1cn(Cc2ccn(C)n2)c2ccccc12. The van der Waals surface area contributed by atoms with E-state index in [4.69, 9.17) is 0 Å². The van der Waals surface area contributed by atoms with E-state index in [9.17, 15) is 0 Å². The zero-order chi connectivity index (χ0) is 14.7. The van der Waals surface area contributed by atoms with Crippen LogP contribution in [0.1, 0.15) is 18.2 Å². The maximum absolute atomic E-state index is 4.48. The highest BCUT2D eigenvalue weighted by molar-refractivity contribution is 5.84. The van der Waals surface area contributed by atoms with Crippen molar-refractivity contribution in [1.82, 2.24) is 19.7 Å². The van der Waals surface area contributed by atoms with Crippen molar-refractivity contribution in [2.75, 3.05) is 13.1 Å². The molecule has 0 atom stereocenters. The first-order valence-corrected chi connectivity index (χ1v) is 7.54. The van der Waals surface area contributed by atoms with Crippen molar-refractivity contribution in [3.8, 4) is 0 Å². The minimum atomic E-state index is 0.822. The Labute approximate surface area is 125 Å². The summed E-state index contributed by atoms with van der Waals surface area (Å²) in [6.45, 7) is 5.01. The average Bonchev–Trinajstić information content (AvgIpc) is 3.05. The minimum Gasteiger partial charge on any atom is -0.341 e. The molecule has 0 aliphatic heterocycles. The maximum atomic E-state index is 4.48. The third-order valence-electron chi connectivity index (χ3n) is 3.79. The molecule has 0 aliphatic rings. The Bertz CT molecular complexity index is 723. The molecule has 110 valence electrons. The van der Waals surface area contributed by atoms with Gasteiger partial charge < -0.3 is 9.88 Å². The molecule has 0 amide bonds. The van der Waals surface area contributed by atoms with E-state index in [1.807, 2.05) is 17.9 Å². The zero-order valence-electron chi connectivity index (χ0n) is 12.7. The Morgan fingerprint density at radius 2 is 2.05 bits per heavy atom. The number of rotatable bonds is 6. The number of hydrogen-bond donors (Lipinski definition) is 1. The van der Waals surface area contributed by atoms with E-state index in [2.05, 4.69) is 58.4 Å². The fourth-order valence-corrected chi connectivity index (χ4v) is 2.77. The van der Waals surface area contributed by atoms with Crippen LogP contribution in [-0.4, -0.2) is 27.4 Å². The van der Waals surface area contributed by atoms with Crippen molar-refractivity contribution in [1.29, 1.82) is 0 Å². The van der Waals surface area contributed by atoms with Crippen molar-refractivity contribution in [3.05, 3.63) is 54.0 Å². The summed E-state index contributed by atoms with van der Waals surface area (Å²) in [5.74, 6) is 0. The standard InChI is InChI=1S/C17H22N4/c1-3-18-10-8-14-12-21(13-15-9-11-20(2)19-15)17-7-5-4-6-16(14)17/h4-7,9,11-12,18H,3,8,10,13H2,1-2H3. The molecule has 0 unspecified atom stereocenters. The van der Waals surface area contributed by atoms with Crippen molar-refractivity contribution >= 4 is 10.9 Å². The Morgan fingerprint density at radius 3 is 2.81 bits per heavy atom. The van der Waals surface area contributed by atoms with Gasteiger partial charge >= 0.3 is 0 Å². The van der Waals surface area contributed by atoms with E-state index in [1.54, 1.807) is 0 Å². The molecular weight excluding hydrogens is 260 g/mol. The molecule has 0 fully saturated rings. The van der Waals surface area contributed by atoms with Crippen LogP contribution in [0.5, 0.6) is 0 Å². The summed E-state index contributed by atoms with van der Waals surface area (Å²) in [7, 11) is 1.96. The van der Waals surface area contributed by atoms with Gasteiger partial charge in [-0.25, -0.2) is 0 Å². The van der Waals surface area contributed by atoms with E-state index in [-0.39, 0.29) is 0 Å². The lowest BCUT2D eigenvalue weighted by Gasteiger charge is -2.02. The second-order valence-electron chi connectivity index (χ2n) is 5.38. The molecule has 4 nitrogen and oxygen atoms in total. The largest absolute Gasteiger partial charge is 0.341 e. The molecule has 0 saturated heterocycles. The molecule has 0 aliphatic carbocycles. The molecule has 1 aromatic carbocycles. The summed E-state index contributed by atoms with van der Waals surface area (Å²) in [4.78, 5) is 0. The Hall–Kier alpha value is -2.07. The monoisotopic (exact) mass is 282 g/mol. The van der Waals surface area contributed by atoms with Gasteiger partial charge in [0.15, 0.2) is 0 Å². The summed E-state index contributed by atoms with van der Waals surface area (Å²) >= 11 is 0. The first-order valence-electron chi connectivity index (χ1n) is 7.54. The van der Waals surface area contributed by atoms with Crippen molar-refractivity contribution in [2.45, 2.75) is 19.9 Å². The molecule has 0 radical (unpaired) electrons. The second-order valence-corrected chi connectivity index (χ2v) is 5.38. The Morgan fingerprint density at radius 1 is 1.19 bits per heavy atom. The number of benzene rings is 1. The van der Waals surface area contributed by atoms with Crippen LogP contribution in [0.25, 0.3) is 10.9 Å². The summed E-state index contributed by atoms with van der Waals surface area (Å²) in [6, 6.07) is 10.7. The molecule has 4 heteroatoms. The quantitative estimate of drug-likeness (QED) is 0.705. The van der Waals surface area contributed by atoms with Crippen LogP contribution < -0.4 is 5.32 Å². The first kappa shape index (κ1) is 13.9. The predicted octanol–water partition coefficient (Wildman–Crippen LogP) is 2.58.